The number of nitrogens with zero attached hydrogens (tertiary/aromatic N) is 1. The molecule has 0 aromatic carbocycles. The topological polar surface area (TPSA) is 3.24 Å². The Kier molecular flexibility index (Phi) is 2.72. The molecule has 0 unspecified atom stereocenters. The molecule has 1 atom stereocenters. The van der Waals surface area contributed by atoms with Gasteiger partial charge in [0.1, 0.15) is 0 Å². The van der Waals surface area contributed by atoms with Crippen molar-refractivity contribution in [3.63, 3.8) is 0 Å². The first-order valence-electron chi connectivity index (χ1n) is 4.53. The maximum absolute atomic E-state index is 2.43. The van der Waals surface area contributed by atoms with Gasteiger partial charge in [0.15, 0.2) is 0 Å². The van der Waals surface area contributed by atoms with Gasteiger partial charge in [-0.3, -0.25) is 4.90 Å². The van der Waals surface area contributed by atoms with Crippen LogP contribution in [0.4, 0.5) is 0 Å². The SMILES string of the molecule is CC(C)C1=CCCN(C)[C@@H]1C. The first kappa shape index (κ1) is 8.79. The van der Waals surface area contributed by atoms with Gasteiger partial charge in [-0.05, 0) is 26.3 Å². The van der Waals surface area contributed by atoms with Crippen LogP contribution in [0, 0.1) is 5.92 Å². The first-order valence-corrected chi connectivity index (χ1v) is 4.53. The summed E-state index contributed by atoms with van der Waals surface area (Å²) in [5, 5.41) is 0. The second-order valence-electron chi connectivity index (χ2n) is 3.80. The Morgan fingerprint density at radius 2 is 2.18 bits per heavy atom. The summed E-state index contributed by atoms with van der Waals surface area (Å²) >= 11 is 0. The van der Waals surface area contributed by atoms with E-state index in [4.69, 9.17) is 0 Å². The maximum Gasteiger partial charge on any atom is 0.0278 e. The van der Waals surface area contributed by atoms with Gasteiger partial charge in [0.05, 0.1) is 0 Å². The van der Waals surface area contributed by atoms with Crippen LogP contribution in [0.1, 0.15) is 27.2 Å². The smallest absolute Gasteiger partial charge is 0.0278 e. The van der Waals surface area contributed by atoms with E-state index < -0.39 is 0 Å². The summed E-state index contributed by atoms with van der Waals surface area (Å²) in [5.74, 6) is 0.716. The minimum Gasteiger partial charge on any atom is -0.300 e. The van der Waals surface area contributed by atoms with E-state index in [2.05, 4.69) is 38.8 Å². The van der Waals surface area contributed by atoms with Crippen LogP contribution in [0.15, 0.2) is 11.6 Å². The van der Waals surface area contributed by atoms with Gasteiger partial charge >= 0.3 is 0 Å². The zero-order valence-corrected chi connectivity index (χ0v) is 8.09. The molecule has 0 saturated carbocycles. The van der Waals surface area contributed by atoms with E-state index in [-0.39, 0.29) is 0 Å². The summed E-state index contributed by atoms with van der Waals surface area (Å²) in [5.41, 5.74) is 1.61. The molecule has 1 aliphatic heterocycles. The van der Waals surface area contributed by atoms with Crippen LogP contribution >= 0.6 is 0 Å². The van der Waals surface area contributed by atoms with E-state index in [1.165, 1.54) is 13.0 Å². The van der Waals surface area contributed by atoms with Crippen molar-refractivity contribution >= 4 is 0 Å². The molecule has 0 saturated heterocycles. The summed E-state index contributed by atoms with van der Waals surface area (Å²) in [6.45, 7) is 8.07. The highest BCUT2D eigenvalue weighted by atomic mass is 15.1. The Hall–Kier alpha value is -0.300. The van der Waals surface area contributed by atoms with Crippen molar-refractivity contribution < 1.29 is 0 Å². The van der Waals surface area contributed by atoms with Crippen LogP contribution in [0.5, 0.6) is 0 Å². The van der Waals surface area contributed by atoms with Crippen LogP contribution in [0.2, 0.25) is 0 Å². The van der Waals surface area contributed by atoms with Gasteiger partial charge in [-0.15, -0.1) is 0 Å². The van der Waals surface area contributed by atoms with Gasteiger partial charge in [0.2, 0.25) is 0 Å². The molecule has 1 rings (SSSR count). The standard InChI is InChI=1S/C10H19N/c1-8(2)10-6-5-7-11(4)9(10)3/h6,8-9H,5,7H2,1-4H3/t9-/m1/s1. The number of hydrogen-bond acceptors (Lipinski definition) is 1. The summed E-state index contributed by atoms with van der Waals surface area (Å²) < 4.78 is 0. The molecule has 0 radical (unpaired) electrons. The first-order chi connectivity index (χ1) is 5.13. The number of likely N-dealkylation sites (N-methyl/N-ethyl adjacent to an activating group) is 1. The fourth-order valence-electron chi connectivity index (χ4n) is 1.77. The van der Waals surface area contributed by atoms with Gasteiger partial charge in [0, 0.05) is 12.6 Å². The van der Waals surface area contributed by atoms with E-state index >= 15 is 0 Å². The predicted molar refractivity (Wildman–Crippen MR) is 49.6 cm³/mol. The lowest BCUT2D eigenvalue weighted by Gasteiger charge is -2.32. The molecule has 0 aromatic rings. The van der Waals surface area contributed by atoms with Crippen molar-refractivity contribution in [3.05, 3.63) is 11.6 Å². The third-order valence-electron chi connectivity index (χ3n) is 2.67. The summed E-state index contributed by atoms with van der Waals surface area (Å²) in [6, 6.07) is 0.656. The lowest BCUT2D eigenvalue weighted by atomic mass is 9.92. The maximum atomic E-state index is 2.43. The highest BCUT2D eigenvalue weighted by Crippen LogP contribution is 2.22. The largest absolute Gasteiger partial charge is 0.300 e. The summed E-state index contributed by atoms with van der Waals surface area (Å²) in [7, 11) is 2.21. The molecule has 0 bridgehead atoms. The minimum absolute atomic E-state index is 0.656. The molecule has 0 N–H and O–H groups in total. The van der Waals surface area contributed by atoms with E-state index in [9.17, 15) is 0 Å². The van der Waals surface area contributed by atoms with Crippen molar-refractivity contribution in [2.75, 3.05) is 13.6 Å². The zero-order chi connectivity index (χ0) is 8.43. The Balaban J connectivity index is 2.70. The van der Waals surface area contributed by atoms with Crippen molar-refractivity contribution in [1.82, 2.24) is 4.90 Å². The van der Waals surface area contributed by atoms with Crippen LogP contribution in [-0.2, 0) is 0 Å². The van der Waals surface area contributed by atoms with E-state index in [1.807, 2.05) is 0 Å². The average molecular weight is 153 g/mol. The Morgan fingerprint density at radius 3 is 2.64 bits per heavy atom. The molecule has 0 aromatic heterocycles. The molecule has 64 valence electrons. The summed E-state index contributed by atoms with van der Waals surface area (Å²) in [4.78, 5) is 2.43. The van der Waals surface area contributed by atoms with Crippen LogP contribution < -0.4 is 0 Å². The Labute approximate surface area is 70.1 Å². The van der Waals surface area contributed by atoms with Gasteiger partial charge in [-0.2, -0.15) is 0 Å². The third-order valence-corrected chi connectivity index (χ3v) is 2.67. The van der Waals surface area contributed by atoms with E-state index in [0.717, 1.165) is 0 Å². The quantitative estimate of drug-likeness (QED) is 0.522. The van der Waals surface area contributed by atoms with Gasteiger partial charge in [-0.25, -0.2) is 0 Å². The van der Waals surface area contributed by atoms with Crippen molar-refractivity contribution in [2.45, 2.75) is 33.2 Å². The van der Waals surface area contributed by atoms with Crippen molar-refractivity contribution in [3.8, 4) is 0 Å². The molecule has 0 fully saturated rings. The molecule has 1 heterocycles. The van der Waals surface area contributed by atoms with Gasteiger partial charge in [0.25, 0.3) is 0 Å². The van der Waals surface area contributed by atoms with Crippen LogP contribution in [0.25, 0.3) is 0 Å². The molecule has 0 aliphatic carbocycles. The van der Waals surface area contributed by atoms with E-state index in [0.29, 0.717) is 12.0 Å². The van der Waals surface area contributed by atoms with Crippen molar-refractivity contribution in [1.29, 1.82) is 0 Å². The molecule has 1 heteroatoms. The molecule has 1 aliphatic rings. The highest BCUT2D eigenvalue weighted by molar-refractivity contribution is 5.15. The van der Waals surface area contributed by atoms with E-state index in [1.54, 1.807) is 5.57 Å². The average Bonchev–Trinajstić information content (AvgIpc) is 1.94. The van der Waals surface area contributed by atoms with Crippen molar-refractivity contribution in [2.24, 2.45) is 5.92 Å². The van der Waals surface area contributed by atoms with Crippen LogP contribution in [0.3, 0.4) is 0 Å². The number of hydrogen-bond donors (Lipinski definition) is 0. The summed E-state index contributed by atoms with van der Waals surface area (Å²) in [6.07, 6.45) is 3.64. The lowest BCUT2D eigenvalue weighted by molar-refractivity contribution is 0.265. The Morgan fingerprint density at radius 1 is 1.55 bits per heavy atom. The van der Waals surface area contributed by atoms with Gasteiger partial charge in [-0.1, -0.05) is 25.5 Å². The van der Waals surface area contributed by atoms with Crippen LogP contribution in [-0.4, -0.2) is 24.5 Å². The fraction of sp³-hybridized carbons (Fsp3) is 0.800. The molecular weight excluding hydrogens is 134 g/mol. The predicted octanol–water partition coefficient (Wildman–Crippen LogP) is 2.29. The second-order valence-corrected chi connectivity index (χ2v) is 3.80. The molecule has 11 heavy (non-hydrogen) atoms. The lowest BCUT2D eigenvalue weighted by Crippen LogP contribution is -2.35. The third kappa shape index (κ3) is 1.84. The highest BCUT2D eigenvalue weighted by Gasteiger charge is 2.19. The normalized spacial score (nSPS) is 27.4. The monoisotopic (exact) mass is 153 g/mol. The fourth-order valence-corrected chi connectivity index (χ4v) is 1.77. The second kappa shape index (κ2) is 3.40. The molecular formula is C10H19N. The molecule has 1 nitrogen and oxygen atoms in total. The number of rotatable bonds is 1. The molecule has 0 amide bonds. The van der Waals surface area contributed by atoms with Gasteiger partial charge < -0.3 is 0 Å². The Bertz CT molecular complexity index is 158. The zero-order valence-electron chi connectivity index (χ0n) is 8.09. The minimum atomic E-state index is 0.656. The molecule has 0 spiro atoms.